The number of unbranched alkanes of at least 4 members (excludes halogenated alkanes) is 7. The summed E-state index contributed by atoms with van der Waals surface area (Å²) in [6.07, 6.45) is 10.1. The van der Waals surface area contributed by atoms with Crippen LogP contribution in [0.5, 0.6) is 5.75 Å². The lowest BCUT2D eigenvalue weighted by Gasteiger charge is -2.04. The normalized spacial score (nSPS) is 10.6. The van der Waals surface area contributed by atoms with Crippen LogP contribution in [0.2, 0.25) is 6.04 Å². The summed E-state index contributed by atoms with van der Waals surface area (Å²) >= 11 is 0. The van der Waals surface area contributed by atoms with Crippen molar-refractivity contribution in [1.29, 1.82) is 0 Å². The smallest absolute Gasteiger partial charge is 0.311 e. The van der Waals surface area contributed by atoms with Crippen LogP contribution in [-0.4, -0.2) is 21.1 Å². The predicted octanol–water partition coefficient (Wildman–Crippen LogP) is 3.79. The molecule has 1 rings (SSSR count). The third-order valence-electron chi connectivity index (χ3n) is 3.76. The Kier molecular flexibility index (Phi) is 9.95. The van der Waals surface area contributed by atoms with E-state index < -0.39 is 4.92 Å². The Hall–Kier alpha value is -1.69. The Morgan fingerprint density at radius 1 is 0.957 bits per heavy atom. The average molecular weight is 337 g/mol. The van der Waals surface area contributed by atoms with E-state index in [1.165, 1.54) is 79.1 Å². The first-order chi connectivity index (χ1) is 11.1. The number of non-ortho nitro benzene ring substituents is 1. The largest absolute Gasteiger partial charge is 0.427 e. The number of carbonyl (C=O) groups excluding carboxylic acids is 1. The lowest BCUT2D eigenvalue weighted by atomic mass is 10.1. The Balaban J connectivity index is 2.07. The molecule has 0 N–H and O–H groups in total. The van der Waals surface area contributed by atoms with Gasteiger partial charge in [0.05, 0.1) is 4.92 Å². The molecule has 128 valence electrons. The van der Waals surface area contributed by atoms with Gasteiger partial charge in [-0.15, -0.1) is 0 Å². The third kappa shape index (κ3) is 9.13. The van der Waals surface area contributed by atoms with Crippen LogP contribution in [0, 0.1) is 10.1 Å². The molecule has 0 unspecified atom stereocenters. The van der Waals surface area contributed by atoms with Gasteiger partial charge in [0.1, 0.15) is 5.75 Å². The van der Waals surface area contributed by atoms with Crippen LogP contribution in [0.15, 0.2) is 24.3 Å². The Morgan fingerprint density at radius 2 is 1.48 bits per heavy atom. The highest BCUT2D eigenvalue weighted by Crippen LogP contribution is 2.18. The van der Waals surface area contributed by atoms with Crippen LogP contribution in [0.1, 0.15) is 57.8 Å². The highest BCUT2D eigenvalue weighted by atomic mass is 28.1. The molecular formula is C17H27NO4Si. The molecule has 0 atom stereocenters. The zero-order chi connectivity index (χ0) is 16.9. The van der Waals surface area contributed by atoms with Crippen molar-refractivity contribution in [2.75, 3.05) is 0 Å². The van der Waals surface area contributed by atoms with E-state index in [0.29, 0.717) is 12.2 Å². The van der Waals surface area contributed by atoms with Crippen molar-refractivity contribution in [2.24, 2.45) is 0 Å². The van der Waals surface area contributed by atoms with Crippen molar-refractivity contribution in [3.8, 4) is 5.75 Å². The lowest BCUT2D eigenvalue weighted by Crippen LogP contribution is -2.07. The molecule has 0 radical (unpaired) electrons. The van der Waals surface area contributed by atoms with Crippen molar-refractivity contribution >= 4 is 21.9 Å². The van der Waals surface area contributed by atoms with E-state index in [4.69, 9.17) is 4.74 Å². The highest BCUT2D eigenvalue weighted by molar-refractivity contribution is 6.08. The van der Waals surface area contributed by atoms with Crippen LogP contribution >= 0.6 is 0 Å². The molecule has 0 aliphatic heterocycles. The van der Waals surface area contributed by atoms with E-state index in [1.54, 1.807) is 0 Å². The molecule has 0 saturated heterocycles. The molecular weight excluding hydrogens is 310 g/mol. The molecule has 0 bridgehead atoms. The minimum absolute atomic E-state index is 0.00851. The number of hydrogen-bond donors (Lipinski definition) is 0. The summed E-state index contributed by atoms with van der Waals surface area (Å²) in [7, 11) is 1.32. The molecule has 0 aromatic heterocycles. The fraction of sp³-hybridized carbons (Fsp3) is 0.588. The van der Waals surface area contributed by atoms with E-state index >= 15 is 0 Å². The van der Waals surface area contributed by atoms with Crippen LogP contribution in [0.3, 0.4) is 0 Å². The quantitative estimate of drug-likeness (QED) is 0.145. The molecule has 0 heterocycles. The minimum atomic E-state index is -0.477. The van der Waals surface area contributed by atoms with Gasteiger partial charge in [-0.2, -0.15) is 0 Å². The molecule has 1 aromatic carbocycles. The Morgan fingerprint density at radius 3 is 2.00 bits per heavy atom. The fourth-order valence-electron chi connectivity index (χ4n) is 2.40. The molecule has 0 aliphatic carbocycles. The van der Waals surface area contributed by atoms with Crippen LogP contribution < -0.4 is 4.74 Å². The van der Waals surface area contributed by atoms with Gasteiger partial charge in [0.25, 0.3) is 5.69 Å². The zero-order valence-electron chi connectivity index (χ0n) is 14.0. The van der Waals surface area contributed by atoms with Crippen LogP contribution in [0.25, 0.3) is 0 Å². The number of rotatable bonds is 12. The van der Waals surface area contributed by atoms with Gasteiger partial charge in [-0.05, 0) is 18.6 Å². The molecule has 5 nitrogen and oxygen atoms in total. The van der Waals surface area contributed by atoms with Gasteiger partial charge >= 0.3 is 5.97 Å². The number of esters is 1. The number of nitro groups is 1. The monoisotopic (exact) mass is 337 g/mol. The number of carbonyl (C=O) groups is 1. The first-order valence-corrected chi connectivity index (χ1v) is 10.00. The SMILES string of the molecule is O=C(CCCCCCCCCC[SiH3])Oc1ccc([N+](=O)[O-])cc1. The van der Waals surface area contributed by atoms with Gasteiger partial charge in [0.15, 0.2) is 0 Å². The Labute approximate surface area is 141 Å². The first-order valence-electron chi connectivity index (χ1n) is 8.58. The van der Waals surface area contributed by atoms with Crippen molar-refractivity contribution in [1.82, 2.24) is 0 Å². The number of nitrogens with zero attached hydrogens (tertiary/aromatic N) is 1. The van der Waals surface area contributed by atoms with Crippen molar-refractivity contribution in [3.63, 3.8) is 0 Å². The fourth-order valence-corrected chi connectivity index (χ4v) is 2.90. The second-order valence-corrected chi connectivity index (χ2v) is 6.80. The van der Waals surface area contributed by atoms with Crippen LogP contribution in [-0.2, 0) is 4.79 Å². The molecule has 6 heteroatoms. The van der Waals surface area contributed by atoms with Crippen molar-refractivity contribution in [2.45, 2.75) is 63.8 Å². The lowest BCUT2D eigenvalue weighted by molar-refractivity contribution is -0.384. The summed E-state index contributed by atoms with van der Waals surface area (Å²) in [6.45, 7) is 0. The molecule has 0 spiro atoms. The summed E-state index contributed by atoms with van der Waals surface area (Å²) in [4.78, 5) is 21.7. The zero-order valence-corrected chi connectivity index (χ0v) is 16.0. The second kappa shape index (κ2) is 11.8. The number of benzene rings is 1. The molecule has 0 amide bonds. The van der Waals surface area contributed by atoms with Gasteiger partial charge in [0, 0.05) is 28.8 Å². The summed E-state index contributed by atoms with van der Waals surface area (Å²) in [5, 5.41) is 10.5. The predicted molar refractivity (Wildman–Crippen MR) is 95.0 cm³/mol. The summed E-state index contributed by atoms with van der Waals surface area (Å²) in [5.74, 6) is 0.0885. The molecule has 0 saturated carbocycles. The van der Waals surface area contributed by atoms with Gasteiger partial charge in [-0.3, -0.25) is 14.9 Å². The molecule has 0 aliphatic rings. The van der Waals surface area contributed by atoms with Gasteiger partial charge in [0.2, 0.25) is 0 Å². The van der Waals surface area contributed by atoms with Crippen molar-refractivity contribution in [3.05, 3.63) is 34.4 Å². The van der Waals surface area contributed by atoms with E-state index in [-0.39, 0.29) is 11.7 Å². The number of nitro benzene ring substituents is 1. The summed E-state index contributed by atoms with van der Waals surface area (Å²) in [6, 6.07) is 6.99. The first kappa shape index (κ1) is 19.4. The maximum atomic E-state index is 11.7. The highest BCUT2D eigenvalue weighted by Gasteiger charge is 2.08. The summed E-state index contributed by atoms with van der Waals surface area (Å²) in [5.41, 5.74) is -0.00851. The summed E-state index contributed by atoms with van der Waals surface area (Å²) < 4.78 is 5.16. The standard InChI is InChI=1S/C17H27NO4Si/c19-17(9-7-5-3-1-2-4-6-8-14-23)22-16-12-10-15(11-13-16)18(20)21/h10-13H,1-9,14H2,23H3. The third-order valence-corrected chi connectivity index (χ3v) is 4.47. The Bertz CT molecular complexity index is 476. The number of ether oxygens (including phenoxy) is 1. The maximum absolute atomic E-state index is 11.7. The minimum Gasteiger partial charge on any atom is -0.427 e. The second-order valence-electron chi connectivity index (χ2n) is 5.80. The van der Waals surface area contributed by atoms with Gasteiger partial charge in [-0.25, -0.2) is 0 Å². The van der Waals surface area contributed by atoms with E-state index in [9.17, 15) is 14.9 Å². The van der Waals surface area contributed by atoms with Gasteiger partial charge < -0.3 is 4.74 Å². The van der Waals surface area contributed by atoms with E-state index in [0.717, 1.165) is 12.8 Å². The maximum Gasteiger partial charge on any atom is 0.311 e. The molecule has 0 fully saturated rings. The van der Waals surface area contributed by atoms with Crippen LogP contribution in [0.4, 0.5) is 5.69 Å². The van der Waals surface area contributed by atoms with E-state index in [1.807, 2.05) is 0 Å². The van der Waals surface area contributed by atoms with Gasteiger partial charge in [-0.1, -0.05) is 51.0 Å². The van der Waals surface area contributed by atoms with E-state index in [2.05, 4.69) is 0 Å². The number of hydrogen-bond acceptors (Lipinski definition) is 4. The average Bonchev–Trinajstić information content (AvgIpc) is 2.54. The molecule has 1 aromatic rings. The molecule has 23 heavy (non-hydrogen) atoms. The topological polar surface area (TPSA) is 69.4 Å². The van der Waals surface area contributed by atoms with Crippen molar-refractivity contribution < 1.29 is 14.5 Å².